The molecule has 0 aliphatic carbocycles. The van der Waals surface area contributed by atoms with Crippen LogP contribution in [0.1, 0.15) is 63.2 Å². The minimum Gasteiger partial charge on any atom is -0.451 e. The third kappa shape index (κ3) is 5.56. The molecule has 0 bridgehead atoms. The molecule has 0 fully saturated rings. The number of aryl methyl sites for hydroxylation is 1. The zero-order valence-corrected chi connectivity index (χ0v) is 17.8. The molecule has 0 radical (unpaired) electrons. The second-order valence-corrected chi connectivity index (χ2v) is 7.45. The molecule has 3 N–H and O–H groups in total. The molecule has 2 rings (SSSR count). The van der Waals surface area contributed by atoms with E-state index in [0.29, 0.717) is 40.5 Å². The highest BCUT2D eigenvalue weighted by Gasteiger charge is 2.22. The van der Waals surface area contributed by atoms with Crippen molar-refractivity contribution in [2.45, 2.75) is 34.6 Å². The molecule has 160 valence electrons. The largest absolute Gasteiger partial charge is 0.451 e. The van der Waals surface area contributed by atoms with Crippen LogP contribution in [0, 0.1) is 19.8 Å². The molecule has 0 saturated heterocycles. The molecule has 0 spiro atoms. The summed E-state index contributed by atoms with van der Waals surface area (Å²) in [7, 11) is 0. The van der Waals surface area contributed by atoms with Crippen molar-refractivity contribution >= 4 is 29.3 Å². The van der Waals surface area contributed by atoms with E-state index in [0.717, 1.165) is 0 Å². The van der Waals surface area contributed by atoms with Crippen molar-refractivity contribution < 1.29 is 23.9 Å². The Balaban J connectivity index is 2.02. The summed E-state index contributed by atoms with van der Waals surface area (Å²) in [6.45, 7) is 8.69. The maximum absolute atomic E-state index is 12.3. The van der Waals surface area contributed by atoms with Crippen LogP contribution in [0.25, 0.3) is 0 Å². The first-order valence-electron chi connectivity index (χ1n) is 9.66. The van der Waals surface area contributed by atoms with Crippen molar-refractivity contribution in [1.29, 1.82) is 0 Å². The fraction of sp³-hybridized carbons (Fsp3) is 0.364. The minimum atomic E-state index is -0.735. The van der Waals surface area contributed by atoms with Gasteiger partial charge in [-0.3, -0.25) is 14.4 Å². The molecule has 1 heterocycles. The number of anilines is 1. The minimum absolute atomic E-state index is 0.138. The van der Waals surface area contributed by atoms with E-state index < -0.39 is 18.5 Å². The summed E-state index contributed by atoms with van der Waals surface area (Å²) in [6.07, 6.45) is 0. The smallest absolute Gasteiger partial charge is 0.355 e. The van der Waals surface area contributed by atoms with Gasteiger partial charge in [0.15, 0.2) is 12.4 Å². The van der Waals surface area contributed by atoms with Crippen LogP contribution in [0.15, 0.2) is 24.3 Å². The lowest BCUT2D eigenvalue weighted by Crippen LogP contribution is -2.29. The molecule has 0 saturated carbocycles. The number of benzene rings is 1. The molecular formula is C22H27N3O5. The molecule has 1 aromatic carbocycles. The first-order valence-corrected chi connectivity index (χ1v) is 9.66. The molecule has 0 aliphatic rings. The highest BCUT2D eigenvalue weighted by Crippen LogP contribution is 2.19. The van der Waals surface area contributed by atoms with E-state index in [1.165, 1.54) is 6.92 Å². The maximum Gasteiger partial charge on any atom is 0.355 e. The Bertz CT molecular complexity index is 975. The van der Waals surface area contributed by atoms with Crippen molar-refractivity contribution in [3.05, 3.63) is 52.3 Å². The lowest BCUT2D eigenvalue weighted by Gasteiger charge is -2.12. The van der Waals surface area contributed by atoms with Gasteiger partial charge in [0.1, 0.15) is 5.69 Å². The van der Waals surface area contributed by atoms with Gasteiger partial charge in [0.2, 0.25) is 0 Å². The first kappa shape index (κ1) is 22.9. The lowest BCUT2D eigenvalue weighted by molar-refractivity contribution is -0.119. The molecule has 1 aromatic heterocycles. The van der Waals surface area contributed by atoms with Crippen LogP contribution in [0.3, 0.4) is 0 Å². The van der Waals surface area contributed by atoms with Gasteiger partial charge in [0.25, 0.3) is 11.8 Å². The van der Waals surface area contributed by atoms with Gasteiger partial charge in [0, 0.05) is 17.8 Å². The number of ether oxygens (including phenoxy) is 1. The number of aromatic nitrogens is 1. The number of nitrogens with one attached hydrogen (secondary N) is 3. The Hall–Kier alpha value is -3.42. The maximum atomic E-state index is 12.3. The van der Waals surface area contributed by atoms with E-state index >= 15 is 0 Å². The van der Waals surface area contributed by atoms with E-state index in [4.69, 9.17) is 4.74 Å². The van der Waals surface area contributed by atoms with Crippen LogP contribution >= 0.6 is 0 Å². The number of amides is 2. The number of hydrogen-bond donors (Lipinski definition) is 3. The number of para-hydroxylation sites is 1. The van der Waals surface area contributed by atoms with Crippen molar-refractivity contribution in [3.63, 3.8) is 0 Å². The first-order chi connectivity index (χ1) is 14.1. The normalized spacial score (nSPS) is 10.6. The van der Waals surface area contributed by atoms with Crippen molar-refractivity contribution in [1.82, 2.24) is 10.3 Å². The molecule has 8 nitrogen and oxygen atoms in total. The summed E-state index contributed by atoms with van der Waals surface area (Å²) < 4.78 is 5.08. The molecule has 0 unspecified atom stereocenters. The number of esters is 1. The van der Waals surface area contributed by atoms with E-state index in [1.54, 1.807) is 38.1 Å². The third-order valence-electron chi connectivity index (χ3n) is 4.44. The standard InChI is InChI=1S/C22H27N3O5/c1-12(2)10-23-21(28)16-8-6-7-9-17(16)25-18(27)11-30-22(29)20-13(3)19(15(5)26)14(4)24-20/h6-9,12,24H,10-11H2,1-5H3,(H,23,28)(H,25,27). The van der Waals surface area contributed by atoms with E-state index in [2.05, 4.69) is 15.6 Å². The van der Waals surface area contributed by atoms with Gasteiger partial charge in [-0.25, -0.2) is 4.79 Å². The molecule has 2 aromatic rings. The molecule has 0 atom stereocenters. The number of rotatable bonds is 8. The highest BCUT2D eigenvalue weighted by molar-refractivity contribution is 6.05. The van der Waals surface area contributed by atoms with Crippen molar-refractivity contribution in [3.8, 4) is 0 Å². The van der Waals surface area contributed by atoms with E-state index in [-0.39, 0.29) is 17.4 Å². The van der Waals surface area contributed by atoms with E-state index in [9.17, 15) is 19.2 Å². The summed E-state index contributed by atoms with van der Waals surface area (Å²) in [6, 6.07) is 6.59. The predicted octanol–water partition coefficient (Wildman–Crippen LogP) is 3.02. The number of carbonyl (C=O) groups excluding carboxylic acids is 4. The lowest BCUT2D eigenvalue weighted by atomic mass is 10.1. The van der Waals surface area contributed by atoms with Gasteiger partial charge in [-0.05, 0) is 44.4 Å². The molecular weight excluding hydrogens is 386 g/mol. The Morgan fingerprint density at radius 1 is 1.10 bits per heavy atom. The average Bonchev–Trinajstić information content (AvgIpc) is 2.99. The van der Waals surface area contributed by atoms with Gasteiger partial charge in [-0.1, -0.05) is 26.0 Å². The highest BCUT2D eigenvalue weighted by atomic mass is 16.5. The average molecular weight is 413 g/mol. The molecule has 8 heteroatoms. The van der Waals surface area contributed by atoms with Gasteiger partial charge in [-0.15, -0.1) is 0 Å². The fourth-order valence-corrected chi connectivity index (χ4v) is 3.05. The van der Waals surface area contributed by atoms with Crippen LogP contribution in [0.2, 0.25) is 0 Å². The van der Waals surface area contributed by atoms with Gasteiger partial charge >= 0.3 is 5.97 Å². The second kappa shape index (κ2) is 9.87. The summed E-state index contributed by atoms with van der Waals surface area (Å²) in [5, 5.41) is 5.39. The number of aromatic amines is 1. The van der Waals surface area contributed by atoms with Crippen LogP contribution in [0.4, 0.5) is 5.69 Å². The van der Waals surface area contributed by atoms with Crippen molar-refractivity contribution in [2.24, 2.45) is 5.92 Å². The third-order valence-corrected chi connectivity index (χ3v) is 4.44. The number of Topliss-reactive ketones (excluding diaryl/α,β-unsaturated/α-hetero) is 1. The van der Waals surface area contributed by atoms with Crippen LogP contribution in [-0.2, 0) is 9.53 Å². The monoisotopic (exact) mass is 413 g/mol. The fourth-order valence-electron chi connectivity index (χ4n) is 3.05. The summed E-state index contributed by atoms with van der Waals surface area (Å²) in [4.78, 5) is 51.5. The molecule has 0 aliphatic heterocycles. The molecule has 30 heavy (non-hydrogen) atoms. The second-order valence-electron chi connectivity index (χ2n) is 7.45. The summed E-state index contributed by atoms with van der Waals surface area (Å²) in [5.74, 6) is -1.49. The quantitative estimate of drug-likeness (QED) is 0.454. The van der Waals surface area contributed by atoms with Crippen molar-refractivity contribution in [2.75, 3.05) is 18.5 Å². The van der Waals surface area contributed by atoms with Crippen LogP contribution in [-0.4, -0.2) is 41.7 Å². The van der Waals surface area contributed by atoms with Gasteiger partial charge in [0.05, 0.1) is 11.3 Å². The Morgan fingerprint density at radius 3 is 2.37 bits per heavy atom. The summed E-state index contributed by atoms with van der Waals surface area (Å²) >= 11 is 0. The van der Waals surface area contributed by atoms with E-state index in [1.807, 2.05) is 13.8 Å². The number of ketones is 1. The predicted molar refractivity (Wildman–Crippen MR) is 113 cm³/mol. The Labute approximate surface area is 175 Å². The Kier molecular flexibility index (Phi) is 7.52. The molecule has 2 amide bonds. The Morgan fingerprint density at radius 2 is 1.77 bits per heavy atom. The zero-order valence-electron chi connectivity index (χ0n) is 17.8. The van der Waals surface area contributed by atoms with Crippen LogP contribution < -0.4 is 10.6 Å². The number of H-pyrrole nitrogens is 1. The number of carbonyl (C=O) groups is 4. The van der Waals surface area contributed by atoms with Crippen LogP contribution in [0.5, 0.6) is 0 Å². The topological polar surface area (TPSA) is 117 Å². The summed E-state index contributed by atoms with van der Waals surface area (Å²) in [5.41, 5.74) is 2.27. The van der Waals surface area contributed by atoms with Gasteiger partial charge in [-0.2, -0.15) is 0 Å². The SMILES string of the molecule is CC(=O)c1c(C)[nH]c(C(=O)OCC(=O)Nc2ccccc2C(=O)NCC(C)C)c1C. The zero-order chi connectivity index (χ0) is 22.4. The number of hydrogen-bond acceptors (Lipinski definition) is 5. The van der Waals surface area contributed by atoms with Gasteiger partial charge < -0.3 is 20.4 Å².